The van der Waals surface area contributed by atoms with E-state index in [1.54, 1.807) is 0 Å². The average Bonchev–Trinajstić information content (AvgIpc) is 2.25. The summed E-state index contributed by atoms with van der Waals surface area (Å²) in [5, 5.41) is 23.9. The Hall–Kier alpha value is -0.170. The lowest BCUT2D eigenvalue weighted by atomic mass is 9.85. The zero-order valence-electron chi connectivity index (χ0n) is 10.1. The molecule has 0 aliphatic heterocycles. The third-order valence-electron chi connectivity index (χ3n) is 3.44. The summed E-state index contributed by atoms with van der Waals surface area (Å²) in [7, 11) is -3.72. The molecular formula is C11H23NO4S. The summed E-state index contributed by atoms with van der Waals surface area (Å²) >= 11 is 0. The maximum atomic E-state index is 10.8. The first kappa shape index (κ1) is 14.9. The highest BCUT2D eigenvalue weighted by Gasteiger charge is 2.23. The van der Waals surface area contributed by atoms with Gasteiger partial charge in [0.25, 0.3) is 0 Å². The molecular weight excluding hydrogens is 242 g/mol. The monoisotopic (exact) mass is 265 g/mol. The topological polar surface area (TPSA) is 101 Å². The molecule has 0 saturated heterocycles. The van der Waals surface area contributed by atoms with E-state index in [1.807, 2.05) is 0 Å². The van der Waals surface area contributed by atoms with E-state index in [0.29, 0.717) is 12.3 Å². The van der Waals surface area contributed by atoms with E-state index in [1.165, 1.54) is 32.1 Å². The summed E-state index contributed by atoms with van der Waals surface area (Å²) in [4.78, 5) is 0. The number of aliphatic hydroxyl groups is 2. The van der Waals surface area contributed by atoms with Crippen LogP contribution in [0.4, 0.5) is 0 Å². The maximum Gasteiger partial charge on any atom is 0.211 e. The van der Waals surface area contributed by atoms with Crippen molar-refractivity contribution in [2.75, 3.05) is 5.75 Å². The first-order valence-electron chi connectivity index (χ1n) is 6.25. The Balaban J connectivity index is 2.25. The Bertz CT molecular complexity index is 311. The van der Waals surface area contributed by atoms with Crippen molar-refractivity contribution >= 4 is 10.0 Å². The van der Waals surface area contributed by atoms with Crippen LogP contribution < -0.4 is 5.14 Å². The van der Waals surface area contributed by atoms with Crippen LogP contribution in [0.25, 0.3) is 0 Å². The molecule has 1 fully saturated rings. The summed E-state index contributed by atoms with van der Waals surface area (Å²) < 4.78 is 21.5. The Morgan fingerprint density at radius 1 is 1.12 bits per heavy atom. The van der Waals surface area contributed by atoms with Crippen molar-refractivity contribution in [2.45, 2.75) is 57.2 Å². The molecule has 0 bridgehead atoms. The Labute approximate surface area is 103 Å². The number of hydrogen-bond acceptors (Lipinski definition) is 4. The van der Waals surface area contributed by atoms with Gasteiger partial charge >= 0.3 is 0 Å². The molecule has 1 aliphatic rings. The van der Waals surface area contributed by atoms with E-state index < -0.39 is 28.0 Å². The highest BCUT2D eigenvalue weighted by molar-refractivity contribution is 7.89. The van der Waals surface area contributed by atoms with Crippen molar-refractivity contribution < 1.29 is 18.6 Å². The zero-order valence-corrected chi connectivity index (χ0v) is 10.9. The molecule has 102 valence electrons. The maximum absolute atomic E-state index is 10.8. The predicted molar refractivity (Wildman–Crippen MR) is 65.8 cm³/mol. The van der Waals surface area contributed by atoms with Gasteiger partial charge in [0.1, 0.15) is 0 Å². The second-order valence-electron chi connectivity index (χ2n) is 5.05. The van der Waals surface area contributed by atoms with E-state index in [2.05, 4.69) is 0 Å². The lowest BCUT2D eigenvalue weighted by Crippen LogP contribution is -2.36. The quantitative estimate of drug-likeness (QED) is 0.645. The van der Waals surface area contributed by atoms with Crippen molar-refractivity contribution in [3.63, 3.8) is 0 Å². The van der Waals surface area contributed by atoms with Crippen LogP contribution in [0.5, 0.6) is 0 Å². The van der Waals surface area contributed by atoms with Gasteiger partial charge in [-0.3, -0.25) is 0 Å². The van der Waals surface area contributed by atoms with E-state index in [-0.39, 0.29) is 0 Å². The van der Waals surface area contributed by atoms with E-state index in [9.17, 15) is 18.6 Å². The predicted octanol–water partition coefficient (Wildman–Crippen LogP) is 0.357. The fourth-order valence-corrected chi connectivity index (χ4v) is 3.12. The fraction of sp³-hybridized carbons (Fsp3) is 1.00. The number of nitrogens with two attached hydrogens (primary N) is 1. The van der Waals surface area contributed by atoms with Gasteiger partial charge in [-0.2, -0.15) is 0 Å². The second kappa shape index (κ2) is 6.68. The number of hydrogen-bond donors (Lipinski definition) is 3. The normalized spacial score (nSPS) is 22.3. The molecule has 0 heterocycles. The molecule has 5 nitrogen and oxygen atoms in total. The molecule has 0 spiro atoms. The fourth-order valence-electron chi connectivity index (χ4n) is 2.42. The SMILES string of the molecule is NS(=O)(=O)CC(O)C(O)CCC1CCCCC1. The summed E-state index contributed by atoms with van der Waals surface area (Å²) in [6.07, 6.45) is 5.15. The van der Waals surface area contributed by atoms with Crippen LogP contribution in [-0.4, -0.2) is 36.6 Å². The minimum Gasteiger partial charge on any atom is -0.390 e. The molecule has 2 atom stereocenters. The molecule has 1 aliphatic carbocycles. The lowest BCUT2D eigenvalue weighted by Gasteiger charge is -2.24. The van der Waals surface area contributed by atoms with Crippen LogP contribution in [0.1, 0.15) is 44.9 Å². The summed E-state index contributed by atoms with van der Waals surface area (Å²) in [6, 6.07) is 0. The molecule has 17 heavy (non-hydrogen) atoms. The van der Waals surface area contributed by atoms with Gasteiger partial charge in [-0.1, -0.05) is 32.1 Å². The van der Waals surface area contributed by atoms with Crippen LogP contribution in [0.15, 0.2) is 0 Å². The van der Waals surface area contributed by atoms with Gasteiger partial charge in [0.15, 0.2) is 0 Å². The van der Waals surface area contributed by atoms with Gasteiger partial charge in [-0.25, -0.2) is 13.6 Å². The van der Waals surface area contributed by atoms with Gasteiger partial charge in [0, 0.05) is 0 Å². The van der Waals surface area contributed by atoms with Gasteiger partial charge in [-0.15, -0.1) is 0 Å². The van der Waals surface area contributed by atoms with Gasteiger partial charge in [-0.05, 0) is 18.8 Å². The van der Waals surface area contributed by atoms with Crippen LogP contribution in [0.2, 0.25) is 0 Å². The molecule has 0 radical (unpaired) electrons. The molecule has 4 N–H and O–H groups in total. The van der Waals surface area contributed by atoms with Gasteiger partial charge < -0.3 is 10.2 Å². The number of primary sulfonamides is 1. The van der Waals surface area contributed by atoms with Crippen LogP contribution in [-0.2, 0) is 10.0 Å². The highest BCUT2D eigenvalue weighted by Crippen LogP contribution is 2.28. The summed E-state index contributed by atoms with van der Waals surface area (Å²) in [5.74, 6) is 0.0406. The molecule has 1 saturated carbocycles. The Morgan fingerprint density at radius 3 is 2.24 bits per heavy atom. The molecule has 0 amide bonds. The van der Waals surface area contributed by atoms with Crippen LogP contribution in [0.3, 0.4) is 0 Å². The third-order valence-corrected chi connectivity index (χ3v) is 4.25. The Kier molecular flexibility index (Phi) is 5.85. The second-order valence-corrected chi connectivity index (χ2v) is 6.70. The van der Waals surface area contributed by atoms with E-state index in [4.69, 9.17) is 5.14 Å². The number of aliphatic hydroxyl groups excluding tert-OH is 2. The molecule has 1 rings (SSSR count). The van der Waals surface area contributed by atoms with Crippen molar-refractivity contribution in [3.05, 3.63) is 0 Å². The molecule has 6 heteroatoms. The van der Waals surface area contributed by atoms with Gasteiger partial charge in [0.05, 0.1) is 18.0 Å². The molecule has 0 aromatic heterocycles. The largest absolute Gasteiger partial charge is 0.390 e. The highest BCUT2D eigenvalue weighted by atomic mass is 32.2. The van der Waals surface area contributed by atoms with Crippen LogP contribution >= 0.6 is 0 Å². The third kappa shape index (κ3) is 6.35. The van der Waals surface area contributed by atoms with Crippen LogP contribution in [0, 0.1) is 5.92 Å². The lowest BCUT2D eigenvalue weighted by molar-refractivity contribution is 0.0231. The minimum atomic E-state index is -3.72. The summed E-state index contributed by atoms with van der Waals surface area (Å²) in [6.45, 7) is 0. The molecule has 2 unspecified atom stereocenters. The smallest absolute Gasteiger partial charge is 0.211 e. The minimum absolute atomic E-state index is 0.446. The average molecular weight is 265 g/mol. The summed E-state index contributed by atoms with van der Waals surface area (Å²) in [5.41, 5.74) is 0. The van der Waals surface area contributed by atoms with Crippen molar-refractivity contribution in [1.82, 2.24) is 0 Å². The van der Waals surface area contributed by atoms with Crippen molar-refractivity contribution in [2.24, 2.45) is 11.1 Å². The van der Waals surface area contributed by atoms with Crippen molar-refractivity contribution in [1.29, 1.82) is 0 Å². The van der Waals surface area contributed by atoms with Gasteiger partial charge in [0.2, 0.25) is 10.0 Å². The molecule has 0 aromatic carbocycles. The van der Waals surface area contributed by atoms with E-state index >= 15 is 0 Å². The first-order valence-corrected chi connectivity index (χ1v) is 7.96. The standard InChI is InChI=1S/C11H23NO4S/c12-17(15,16)8-11(14)10(13)7-6-9-4-2-1-3-5-9/h9-11,13-14H,1-8H2,(H2,12,15,16). The number of rotatable bonds is 6. The number of sulfonamides is 1. The molecule has 0 aromatic rings. The Morgan fingerprint density at radius 2 is 1.71 bits per heavy atom. The zero-order chi connectivity index (χ0) is 12.9. The van der Waals surface area contributed by atoms with Crippen molar-refractivity contribution in [3.8, 4) is 0 Å². The van der Waals surface area contributed by atoms with E-state index in [0.717, 1.165) is 6.42 Å². The first-order chi connectivity index (χ1) is 7.88.